The van der Waals surface area contributed by atoms with Crippen LogP contribution in [0.1, 0.15) is 49.9 Å². The van der Waals surface area contributed by atoms with Crippen molar-refractivity contribution < 1.29 is 22.8 Å². The molecule has 0 heterocycles. The first-order valence-corrected chi connectivity index (χ1v) is 7.71. The minimum absolute atomic E-state index is 0.153. The van der Waals surface area contributed by atoms with E-state index in [0.29, 0.717) is 11.1 Å². The van der Waals surface area contributed by atoms with Crippen molar-refractivity contribution in [2.45, 2.75) is 40.8 Å². The lowest BCUT2D eigenvalue weighted by Gasteiger charge is -2.10. The summed E-state index contributed by atoms with van der Waals surface area (Å²) in [4.78, 5) is 22.1. The predicted molar refractivity (Wildman–Crippen MR) is 92.2 cm³/mol. The molecule has 0 aliphatic carbocycles. The molecule has 0 saturated carbocycles. The van der Waals surface area contributed by atoms with E-state index in [1.54, 1.807) is 13.0 Å². The number of rotatable bonds is 2. The van der Waals surface area contributed by atoms with Crippen molar-refractivity contribution in [2.75, 3.05) is 0 Å². The molecule has 0 amide bonds. The highest BCUT2D eigenvalue weighted by Gasteiger charge is 2.40. The molecule has 5 heteroatoms. The van der Waals surface area contributed by atoms with E-state index in [-0.39, 0.29) is 11.3 Å². The predicted octanol–water partition coefficient (Wildman–Crippen LogP) is 5.55. The van der Waals surface area contributed by atoms with Crippen molar-refractivity contribution in [3.8, 4) is 0 Å². The minimum Gasteiger partial charge on any atom is -0.294 e. The van der Waals surface area contributed by atoms with E-state index in [0.717, 1.165) is 16.7 Å². The summed E-state index contributed by atoms with van der Waals surface area (Å²) < 4.78 is 36.4. The van der Waals surface area contributed by atoms with Crippen LogP contribution >= 0.6 is 0 Å². The minimum atomic E-state index is -4.79. The summed E-state index contributed by atoms with van der Waals surface area (Å²) in [5.74, 6) is -1.62. The number of alkyl halides is 3. The second kappa shape index (κ2) is 8.10. The van der Waals surface area contributed by atoms with Crippen LogP contribution in [0.4, 0.5) is 13.2 Å². The molecule has 2 aromatic carbocycles. The number of carbonyl (C=O) groups excluding carboxylic acids is 2. The van der Waals surface area contributed by atoms with E-state index < -0.39 is 12.0 Å². The molecule has 0 spiro atoms. The number of ketones is 2. The molecule has 0 aliphatic rings. The molecule has 0 radical (unpaired) electrons. The van der Waals surface area contributed by atoms with Crippen LogP contribution in [-0.2, 0) is 0 Å². The quantitative estimate of drug-likeness (QED) is 0.665. The number of hydrogen-bond donors (Lipinski definition) is 0. The number of halogens is 3. The molecule has 25 heavy (non-hydrogen) atoms. The van der Waals surface area contributed by atoms with Gasteiger partial charge in [-0.05, 0) is 56.9 Å². The van der Waals surface area contributed by atoms with E-state index in [9.17, 15) is 22.8 Å². The van der Waals surface area contributed by atoms with Gasteiger partial charge in [-0.2, -0.15) is 13.2 Å². The average Bonchev–Trinajstić information content (AvgIpc) is 2.46. The van der Waals surface area contributed by atoms with Crippen LogP contribution in [0.15, 0.2) is 36.4 Å². The van der Waals surface area contributed by atoms with Crippen LogP contribution in [0, 0.1) is 27.7 Å². The number of hydrogen-bond acceptors (Lipinski definition) is 2. The summed E-state index contributed by atoms with van der Waals surface area (Å²) in [5, 5.41) is 0. The monoisotopic (exact) mass is 350 g/mol. The highest BCUT2D eigenvalue weighted by Crippen LogP contribution is 2.25. The van der Waals surface area contributed by atoms with Gasteiger partial charge < -0.3 is 0 Å². The molecule has 2 rings (SSSR count). The van der Waals surface area contributed by atoms with Crippen LogP contribution in [0.5, 0.6) is 0 Å². The Morgan fingerprint density at radius 1 is 0.720 bits per heavy atom. The number of aryl methyl sites for hydroxylation is 4. The maximum atomic E-state index is 12.1. The maximum Gasteiger partial charge on any atom is 0.454 e. The van der Waals surface area contributed by atoms with E-state index in [1.165, 1.54) is 26.0 Å². The summed E-state index contributed by atoms with van der Waals surface area (Å²) in [5.41, 5.74) is 3.47. The van der Waals surface area contributed by atoms with E-state index in [2.05, 4.69) is 0 Å². The maximum absolute atomic E-state index is 12.1. The Kier molecular flexibility index (Phi) is 6.68. The molecule has 0 unspecified atom stereocenters. The SMILES string of the molecule is CC(=O)c1c(C)cccc1C.Cc1cccc(C)c1C(=O)C(F)(F)F. The fourth-order valence-corrected chi connectivity index (χ4v) is 2.68. The largest absolute Gasteiger partial charge is 0.454 e. The molecule has 0 saturated heterocycles. The van der Waals surface area contributed by atoms with Gasteiger partial charge in [0.05, 0.1) is 0 Å². The lowest BCUT2D eigenvalue weighted by Crippen LogP contribution is -2.24. The lowest BCUT2D eigenvalue weighted by atomic mass is 9.99. The van der Waals surface area contributed by atoms with E-state index in [4.69, 9.17) is 0 Å². The highest BCUT2D eigenvalue weighted by molar-refractivity contribution is 6.02. The van der Waals surface area contributed by atoms with Crippen molar-refractivity contribution >= 4 is 11.6 Å². The number of carbonyl (C=O) groups is 2. The molecule has 0 atom stereocenters. The summed E-state index contributed by atoms with van der Waals surface area (Å²) in [6, 6.07) is 10.5. The van der Waals surface area contributed by atoms with Gasteiger partial charge in [-0.1, -0.05) is 36.4 Å². The van der Waals surface area contributed by atoms with Gasteiger partial charge in [0.25, 0.3) is 5.78 Å². The fourth-order valence-electron chi connectivity index (χ4n) is 2.68. The molecule has 0 fully saturated rings. The van der Waals surface area contributed by atoms with Gasteiger partial charge >= 0.3 is 6.18 Å². The Morgan fingerprint density at radius 2 is 1.04 bits per heavy atom. The molecule has 134 valence electrons. The zero-order valence-corrected chi connectivity index (χ0v) is 14.9. The smallest absolute Gasteiger partial charge is 0.294 e. The van der Waals surface area contributed by atoms with Gasteiger partial charge in [0.1, 0.15) is 0 Å². The number of benzene rings is 2. The molecular formula is C20H21F3O2. The topological polar surface area (TPSA) is 34.1 Å². The third-order valence-corrected chi connectivity index (χ3v) is 3.80. The Labute approximate surface area is 145 Å². The second-order valence-corrected chi connectivity index (χ2v) is 5.92. The summed E-state index contributed by atoms with van der Waals surface area (Å²) in [6.07, 6.45) is -4.79. The molecule has 2 nitrogen and oxygen atoms in total. The first-order chi connectivity index (χ1) is 11.5. The van der Waals surface area contributed by atoms with Crippen LogP contribution < -0.4 is 0 Å². The zero-order valence-electron chi connectivity index (χ0n) is 14.9. The van der Waals surface area contributed by atoms with Gasteiger partial charge in [0, 0.05) is 11.1 Å². The third kappa shape index (κ3) is 5.28. The number of Topliss-reactive ketones (excluding diaryl/α,β-unsaturated/α-hetero) is 2. The third-order valence-electron chi connectivity index (χ3n) is 3.80. The van der Waals surface area contributed by atoms with Gasteiger partial charge in [0.15, 0.2) is 5.78 Å². The van der Waals surface area contributed by atoms with Gasteiger partial charge in [0.2, 0.25) is 0 Å². The lowest BCUT2D eigenvalue weighted by molar-refractivity contribution is -0.0886. The molecule has 2 aromatic rings. The second-order valence-electron chi connectivity index (χ2n) is 5.92. The summed E-state index contributed by atoms with van der Waals surface area (Å²) in [7, 11) is 0. The van der Waals surface area contributed by atoms with E-state index in [1.807, 2.05) is 32.0 Å². The van der Waals surface area contributed by atoms with E-state index >= 15 is 0 Å². The molecule has 0 aromatic heterocycles. The normalized spacial score (nSPS) is 10.7. The fraction of sp³-hybridized carbons (Fsp3) is 0.300. The molecular weight excluding hydrogens is 329 g/mol. The average molecular weight is 350 g/mol. The highest BCUT2D eigenvalue weighted by atomic mass is 19.4. The van der Waals surface area contributed by atoms with Crippen molar-refractivity contribution in [1.29, 1.82) is 0 Å². The molecule has 0 bridgehead atoms. The van der Waals surface area contributed by atoms with Crippen molar-refractivity contribution in [3.63, 3.8) is 0 Å². The van der Waals surface area contributed by atoms with Crippen LogP contribution in [0.25, 0.3) is 0 Å². The van der Waals surface area contributed by atoms with Crippen molar-refractivity contribution in [2.24, 2.45) is 0 Å². The van der Waals surface area contributed by atoms with Gasteiger partial charge in [-0.15, -0.1) is 0 Å². The van der Waals surface area contributed by atoms with Crippen molar-refractivity contribution in [3.05, 3.63) is 69.8 Å². The molecule has 0 N–H and O–H groups in total. The first kappa shape index (κ1) is 20.6. The first-order valence-electron chi connectivity index (χ1n) is 7.71. The summed E-state index contributed by atoms with van der Waals surface area (Å²) in [6.45, 7) is 8.51. The van der Waals surface area contributed by atoms with Gasteiger partial charge in [-0.25, -0.2) is 0 Å². The van der Waals surface area contributed by atoms with Crippen LogP contribution in [-0.4, -0.2) is 17.7 Å². The Hall–Kier alpha value is -2.43. The zero-order chi connectivity index (χ0) is 19.4. The molecule has 0 aliphatic heterocycles. The Bertz CT molecular complexity index is 750. The van der Waals surface area contributed by atoms with Gasteiger partial charge in [-0.3, -0.25) is 9.59 Å². The van der Waals surface area contributed by atoms with Crippen LogP contribution in [0.2, 0.25) is 0 Å². The Morgan fingerprint density at radius 3 is 1.28 bits per heavy atom. The standard InChI is InChI=1S/C10H9F3O.C10H12O/c1-6-4-3-5-7(2)8(6)9(14)10(11,12)13;1-7-5-4-6-8(2)10(7)9(3)11/h3-5H,1-2H3;4-6H,1-3H3. The summed E-state index contributed by atoms with van der Waals surface area (Å²) >= 11 is 0. The Balaban J connectivity index is 0.000000257. The van der Waals surface area contributed by atoms with Crippen molar-refractivity contribution in [1.82, 2.24) is 0 Å². The van der Waals surface area contributed by atoms with Crippen LogP contribution in [0.3, 0.4) is 0 Å².